The van der Waals surface area contributed by atoms with E-state index in [2.05, 4.69) is 5.32 Å². The van der Waals surface area contributed by atoms with Gasteiger partial charge in [-0.05, 0) is 55.8 Å². The van der Waals surface area contributed by atoms with Gasteiger partial charge in [0, 0.05) is 24.3 Å². The van der Waals surface area contributed by atoms with Gasteiger partial charge in [-0.25, -0.2) is 8.42 Å². The van der Waals surface area contributed by atoms with Crippen LogP contribution in [0.15, 0.2) is 47.4 Å². The summed E-state index contributed by atoms with van der Waals surface area (Å²) in [5.41, 5.74) is 1.51. The van der Waals surface area contributed by atoms with Crippen molar-refractivity contribution in [1.29, 1.82) is 0 Å². The number of sulfonamides is 1. The molecular formula is C20H26N2O4S. The summed E-state index contributed by atoms with van der Waals surface area (Å²) in [6, 6.07) is 11.7. The molecule has 27 heavy (non-hydrogen) atoms. The Morgan fingerprint density at radius 1 is 1.04 bits per heavy atom. The first-order valence-electron chi connectivity index (χ1n) is 8.98. The maximum atomic E-state index is 12.8. The van der Waals surface area contributed by atoms with Crippen LogP contribution in [-0.4, -0.2) is 38.3 Å². The Bertz CT molecular complexity index is 889. The van der Waals surface area contributed by atoms with E-state index in [0.29, 0.717) is 36.5 Å². The summed E-state index contributed by atoms with van der Waals surface area (Å²) in [4.78, 5) is 12.7. The number of amides is 1. The average molecular weight is 391 g/mol. The van der Waals surface area contributed by atoms with Crippen molar-refractivity contribution >= 4 is 21.6 Å². The van der Waals surface area contributed by atoms with Crippen LogP contribution in [0.2, 0.25) is 0 Å². The monoisotopic (exact) mass is 390 g/mol. The van der Waals surface area contributed by atoms with Crippen molar-refractivity contribution in [2.24, 2.45) is 0 Å². The smallest absolute Gasteiger partial charge is 0.255 e. The summed E-state index contributed by atoms with van der Waals surface area (Å²) in [7, 11) is -3.64. The van der Waals surface area contributed by atoms with Gasteiger partial charge in [0.2, 0.25) is 10.0 Å². The summed E-state index contributed by atoms with van der Waals surface area (Å²) in [6.45, 7) is 8.53. The predicted octanol–water partition coefficient (Wildman–Crippen LogP) is 3.68. The lowest BCUT2D eigenvalue weighted by atomic mass is 10.1. The lowest BCUT2D eigenvalue weighted by molar-refractivity contribution is 0.102. The molecule has 0 saturated heterocycles. The van der Waals surface area contributed by atoms with Crippen molar-refractivity contribution in [3.8, 4) is 5.75 Å². The number of carbonyl (C=O) groups is 1. The van der Waals surface area contributed by atoms with Crippen molar-refractivity contribution < 1.29 is 17.9 Å². The summed E-state index contributed by atoms with van der Waals surface area (Å²) in [5, 5.41) is 2.78. The Labute approximate surface area is 161 Å². The van der Waals surface area contributed by atoms with Crippen molar-refractivity contribution in [3.63, 3.8) is 0 Å². The fourth-order valence-corrected chi connectivity index (χ4v) is 4.44. The third-order valence-electron chi connectivity index (χ3n) is 4.20. The van der Waals surface area contributed by atoms with Crippen LogP contribution in [0.1, 0.15) is 36.7 Å². The number of nitrogens with zero attached hydrogens (tertiary/aromatic N) is 1. The van der Waals surface area contributed by atoms with Gasteiger partial charge >= 0.3 is 0 Å². The molecule has 0 aromatic heterocycles. The number of benzene rings is 2. The second-order valence-corrected chi connectivity index (χ2v) is 7.89. The number of ether oxygens (including phenoxy) is 1. The first-order valence-corrected chi connectivity index (χ1v) is 10.4. The largest absolute Gasteiger partial charge is 0.494 e. The van der Waals surface area contributed by atoms with Gasteiger partial charge in [0.25, 0.3) is 5.91 Å². The third-order valence-corrected chi connectivity index (χ3v) is 6.39. The number of aryl methyl sites for hydroxylation is 1. The van der Waals surface area contributed by atoms with Gasteiger partial charge in [0.15, 0.2) is 0 Å². The van der Waals surface area contributed by atoms with Crippen LogP contribution in [0.25, 0.3) is 0 Å². The maximum absolute atomic E-state index is 12.8. The molecule has 2 aromatic rings. The fourth-order valence-electron chi connectivity index (χ4n) is 2.73. The molecule has 7 heteroatoms. The fraction of sp³-hybridized carbons (Fsp3) is 0.350. The van der Waals surface area contributed by atoms with Crippen molar-refractivity contribution in [1.82, 2.24) is 4.31 Å². The van der Waals surface area contributed by atoms with E-state index in [-0.39, 0.29) is 10.8 Å². The van der Waals surface area contributed by atoms with Crippen LogP contribution in [0.4, 0.5) is 5.69 Å². The van der Waals surface area contributed by atoms with E-state index in [1.165, 1.54) is 10.4 Å². The highest BCUT2D eigenvalue weighted by Gasteiger charge is 2.24. The number of nitrogens with one attached hydrogen (secondary N) is 1. The molecule has 146 valence electrons. The number of hydrogen-bond acceptors (Lipinski definition) is 4. The Morgan fingerprint density at radius 3 is 2.22 bits per heavy atom. The molecule has 0 saturated carbocycles. The van der Waals surface area contributed by atoms with Gasteiger partial charge in [-0.2, -0.15) is 4.31 Å². The minimum Gasteiger partial charge on any atom is -0.494 e. The van der Waals surface area contributed by atoms with Crippen LogP contribution in [0, 0.1) is 6.92 Å². The lowest BCUT2D eigenvalue weighted by Crippen LogP contribution is -2.31. The Kier molecular flexibility index (Phi) is 6.98. The van der Waals surface area contributed by atoms with Crippen molar-refractivity contribution in [2.45, 2.75) is 32.6 Å². The summed E-state index contributed by atoms with van der Waals surface area (Å²) < 4.78 is 32.4. The van der Waals surface area contributed by atoms with Crippen molar-refractivity contribution in [3.05, 3.63) is 53.6 Å². The highest BCUT2D eigenvalue weighted by molar-refractivity contribution is 7.89. The molecule has 0 aliphatic carbocycles. The molecule has 6 nitrogen and oxygen atoms in total. The third kappa shape index (κ3) is 4.87. The SMILES string of the molecule is CCOc1ccc(NC(=O)c2ccc(C)c(S(=O)(=O)N(CC)CC)c2)cc1. The minimum atomic E-state index is -3.64. The van der Waals surface area contributed by atoms with Gasteiger partial charge in [-0.15, -0.1) is 0 Å². The van der Waals surface area contributed by atoms with Crippen LogP contribution in [0.3, 0.4) is 0 Å². The molecule has 0 atom stereocenters. The number of anilines is 1. The molecule has 0 aliphatic heterocycles. The summed E-state index contributed by atoms with van der Waals surface area (Å²) in [6.07, 6.45) is 0. The first-order chi connectivity index (χ1) is 12.8. The van der Waals surface area contributed by atoms with Crippen LogP contribution in [-0.2, 0) is 10.0 Å². The molecule has 0 aliphatic rings. The minimum absolute atomic E-state index is 0.158. The molecule has 0 fully saturated rings. The highest BCUT2D eigenvalue weighted by atomic mass is 32.2. The van der Waals surface area contributed by atoms with E-state index in [1.807, 2.05) is 6.92 Å². The maximum Gasteiger partial charge on any atom is 0.255 e. The first kappa shape index (κ1) is 20.9. The zero-order valence-electron chi connectivity index (χ0n) is 16.2. The van der Waals surface area contributed by atoms with Gasteiger partial charge in [0.05, 0.1) is 11.5 Å². The van der Waals surface area contributed by atoms with E-state index >= 15 is 0 Å². The number of rotatable bonds is 8. The van der Waals surface area contributed by atoms with E-state index in [1.54, 1.807) is 57.2 Å². The summed E-state index contributed by atoms with van der Waals surface area (Å²) in [5.74, 6) is 0.355. The Balaban J connectivity index is 2.27. The van der Waals surface area contributed by atoms with Gasteiger partial charge in [0.1, 0.15) is 5.75 Å². The molecule has 0 bridgehead atoms. The molecular weight excluding hydrogens is 364 g/mol. The van der Waals surface area contributed by atoms with Gasteiger partial charge in [-0.3, -0.25) is 4.79 Å². The Hall–Kier alpha value is -2.38. The zero-order valence-corrected chi connectivity index (χ0v) is 17.0. The topological polar surface area (TPSA) is 75.7 Å². The highest BCUT2D eigenvalue weighted by Crippen LogP contribution is 2.22. The predicted molar refractivity (Wildman–Crippen MR) is 107 cm³/mol. The molecule has 0 heterocycles. The molecule has 2 aromatic carbocycles. The molecule has 0 unspecified atom stereocenters. The quantitative estimate of drug-likeness (QED) is 0.746. The standard InChI is InChI=1S/C20H26N2O4S/c1-5-22(6-2)27(24,25)19-14-16(9-8-15(19)4)20(23)21-17-10-12-18(13-11-17)26-7-3/h8-14H,5-7H2,1-4H3,(H,21,23). The second kappa shape index (κ2) is 9.01. The van der Waals surface area contributed by atoms with E-state index in [9.17, 15) is 13.2 Å². The number of carbonyl (C=O) groups excluding carboxylic acids is 1. The van der Waals surface area contributed by atoms with E-state index < -0.39 is 10.0 Å². The molecule has 2 rings (SSSR count). The van der Waals surface area contributed by atoms with E-state index in [0.717, 1.165) is 5.75 Å². The van der Waals surface area contributed by atoms with Gasteiger partial charge in [-0.1, -0.05) is 19.9 Å². The lowest BCUT2D eigenvalue weighted by Gasteiger charge is -2.20. The van der Waals surface area contributed by atoms with Crippen LogP contribution in [0.5, 0.6) is 5.75 Å². The molecule has 0 radical (unpaired) electrons. The molecule has 0 spiro atoms. The molecule has 1 amide bonds. The normalized spacial score (nSPS) is 11.4. The summed E-state index contributed by atoms with van der Waals surface area (Å²) >= 11 is 0. The zero-order chi connectivity index (χ0) is 20.0. The number of hydrogen-bond donors (Lipinski definition) is 1. The van der Waals surface area contributed by atoms with Gasteiger partial charge < -0.3 is 10.1 Å². The van der Waals surface area contributed by atoms with Crippen molar-refractivity contribution in [2.75, 3.05) is 25.0 Å². The van der Waals surface area contributed by atoms with E-state index in [4.69, 9.17) is 4.74 Å². The average Bonchev–Trinajstić information content (AvgIpc) is 2.64. The van der Waals surface area contributed by atoms with Crippen LogP contribution >= 0.6 is 0 Å². The second-order valence-electron chi connectivity index (χ2n) is 5.98. The Morgan fingerprint density at radius 2 is 1.67 bits per heavy atom. The molecule has 1 N–H and O–H groups in total. The van der Waals surface area contributed by atoms with Crippen LogP contribution < -0.4 is 10.1 Å².